The summed E-state index contributed by atoms with van der Waals surface area (Å²) in [5.74, 6) is 3.18. The molecule has 28 heavy (non-hydrogen) atoms. The Kier molecular flexibility index (Phi) is 6.80. The van der Waals surface area contributed by atoms with Crippen LogP contribution in [0.4, 0.5) is 0 Å². The number of halogens is 1. The van der Waals surface area contributed by atoms with E-state index in [1.54, 1.807) is 7.11 Å². The van der Waals surface area contributed by atoms with Crippen molar-refractivity contribution in [3.05, 3.63) is 29.8 Å². The Morgan fingerprint density at radius 1 is 1.29 bits per heavy atom. The number of aliphatic imine (C=N–C) groups is 1. The van der Waals surface area contributed by atoms with Gasteiger partial charge in [0.25, 0.3) is 0 Å². The van der Waals surface area contributed by atoms with Gasteiger partial charge in [-0.15, -0.1) is 24.0 Å². The van der Waals surface area contributed by atoms with E-state index in [4.69, 9.17) is 14.5 Å². The summed E-state index contributed by atoms with van der Waals surface area (Å²) in [6, 6.07) is 8.98. The van der Waals surface area contributed by atoms with Gasteiger partial charge in [0.2, 0.25) is 0 Å². The van der Waals surface area contributed by atoms with Crippen LogP contribution in [0.15, 0.2) is 29.3 Å². The molecule has 1 N–H and O–H groups in total. The fourth-order valence-electron chi connectivity index (χ4n) is 5.24. The second-order valence-electron chi connectivity index (χ2n) is 8.69. The van der Waals surface area contributed by atoms with E-state index in [0.29, 0.717) is 24.0 Å². The van der Waals surface area contributed by atoms with Crippen molar-refractivity contribution in [3.63, 3.8) is 0 Å². The van der Waals surface area contributed by atoms with Crippen LogP contribution in [-0.4, -0.2) is 56.4 Å². The highest BCUT2D eigenvalue weighted by atomic mass is 127. The second kappa shape index (κ2) is 8.78. The van der Waals surface area contributed by atoms with Crippen LogP contribution in [0, 0.1) is 11.3 Å². The number of nitrogens with zero attached hydrogens (tertiary/aromatic N) is 2. The lowest BCUT2D eigenvalue weighted by atomic mass is 9.57. The van der Waals surface area contributed by atoms with Gasteiger partial charge in [-0.1, -0.05) is 26.0 Å². The summed E-state index contributed by atoms with van der Waals surface area (Å²) in [4.78, 5) is 7.28. The fourth-order valence-corrected chi connectivity index (χ4v) is 5.24. The monoisotopic (exact) mass is 499 g/mol. The lowest BCUT2D eigenvalue weighted by molar-refractivity contribution is -0.107. The minimum absolute atomic E-state index is 0. The molecule has 0 amide bonds. The number of ether oxygens (including phenoxy) is 2. The van der Waals surface area contributed by atoms with Crippen LogP contribution >= 0.6 is 24.0 Å². The molecule has 6 heteroatoms. The highest BCUT2D eigenvalue weighted by Crippen LogP contribution is 2.52. The van der Waals surface area contributed by atoms with E-state index in [-0.39, 0.29) is 29.4 Å². The molecule has 1 aromatic rings. The predicted octanol–water partition coefficient (Wildman–Crippen LogP) is 3.88. The van der Waals surface area contributed by atoms with Gasteiger partial charge in [0.05, 0.1) is 13.2 Å². The molecule has 1 saturated carbocycles. The van der Waals surface area contributed by atoms with Crippen molar-refractivity contribution in [2.45, 2.75) is 51.7 Å². The Morgan fingerprint density at radius 3 is 2.71 bits per heavy atom. The van der Waals surface area contributed by atoms with Crippen molar-refractivity contribution in [3.8, 4) is 5.75 Å². The quantitative estimate of drug-likeness (QED) is 0.388. The zero-order valence-electron chi connectivity index (χ0n) is 17.5. The first-order valence-electron chi connectivity index (χ1n) is 10.4. The predicted molar refractivity (Wildman–Crippen MR) is 124 cm³/mol. The maximum atomic E-state index is 5.95. The Morgan fingerprint density at radius 2 is 2.04 bits per heavy atom. The zero-order chi connectivity index (χ0) is 19.0. The molecule has 4 atom stereocenters. The molecule has 0 spiro atoms. The Labute approximate surface area is 186 Å². The number of hydrogen-bond donors (Lipinski definition) is 1. The van der Waals surface area contributed by atoms with Crippen LogP contribution in [-0.2, 0) is 4.74 Å². The molecule has 1 aliphatic carbocycles. The summed E-state index contributed by atoms with van der Waals surface area (Å²) >= 11 is 0. The van der Waals surface area contributed by atoms with Gasteiger partial charge in [0.15, 0.2) is 5.96 Å². The van der Waals surface area contributed by atoms with Gasteiger partial charge in [0.1, 0.15) is 5.75 Å². The van der Waals surface area contributed by atoms with Gasteiger partial charge in [-0.2, -0.15) is 0 Å². The number of nitrogens with one attached hydrogen (secondary N) is 1. The van der Waals surface area contributed by atoms with Crippen LogP contribution in [0.1, 0.15) is 45.1 Å². The molecule has 2 heterocycles. The van der Waals surface area contributed by atoms with Gasteiger partial charge >= 0.3 is 0 Å². The molecule has 0 bridgehead atoms. The minimum Gasteiger partial charge on any atom is -0.497 e. The van der Waals surface area contributed by atoms with E-state index < -0.39 is 0 Å². The van der Waals surface area contributed by atoms with E-state index in [1.165, 1.54) is 18.4 Å². The third-order valence-electron chi connectivity index (χ3n) is 6.77. The first-order valence-corrected chi connectivity index (χ1v) is 10.4. The van der Waals surface area contributed by atoms with E-state index in [1.807, 2.05) is 0 Å². The lowest BCUT2D eigenvalue weighted by Gasteiger charge is -2.55. The standard InChI is InChI=1S/C22H33N3O2.HI/c1-5-23-21(24-19-18-11-13-27-20(18)22(19,2)3)25-12-10-16(14-25)15-6-8-17(26-4)9-7-15;/h6-9,16,18-20H,5,10-14H2,1-4H3,(H,23,24);1H. The molecule has 3 aliphatic rings. The molecule has 0 aromatic heterocycles. The average Bonchev–Trinajstić information content (AvgIpc) is 3.34. The summed E-state index contributed by atoms with van der Waals surface area (Å²) in [6.45, 7) is 10.6. The Balaban J connectivity index is 0.00000225. The summed E-state index contributed by atoms with van der Waals surface area (Å²) in [5.41, 5.74) is 1.56. The molecule has 3 fully saturated rings. The number of guanidine groups is 1. The Bertz CT molecular complexity index is 692. The molecule has 4 rings (SSSR count). The van der Waals surface area contributed by atoms with Crippen molar-refractivity contribution in [1.29, 1.82) is 0 Å². The van der Waals surface area contributed by atoms with Gasteiger partial charge in [-0.3, -0.25) is 4.99 Å². The largest absolute Gasteiger partial charge is 0.497 e. The summed E-state index contributed by atoms with van der Waals surface area (Å²) < 4.78 is 11.2. The second-order valence-corrected chi connectivity index (χ2v) is 8.69. The molecule has 4 unspecified atom stereocenters. The van der Waals surface area contributed by atoms with Crippen LogP contribution in [0.25, 0.3) is 0 Å². The first kappa shape index (κ1) is 21.7. The summed E-state index contributed by atoms with van der Waals surface area (Å²) in [5, 5.41) is 3.82. The van der Waals surface area contributed by atoms with Gasteiger partial charge in [-0.05, 0) is 37.5 Å². The van der Waals surface area contributed by atoms with Crippen LogP contribution in [0.5, 0.6) is 5.75 Å². The maximum Gasteiger partial charge on any atom is 0.194 e. The van der Waals surface area contributed by atoms with Crippen LogP contribution in [0.3, 0.4) is 0 Å². The number of rotatable bonds is 4. The highest BCUT2D eigenvalue weighted by Gasteiger charge is 2.59. The van der Waals surface area contributed by atoms with Gasteiger partial charge in [0, 0.05) is 49.5 Å². The zero-order valence-corrected chi connectivity index (χ0v) is 19.8. The minimum atomic E-state index is 0. The molecule has 156 valence electrons. The SMILES string of the molecule is CCN=C(NC1C2CCOC2C1(C)C)N1CCC(c2ccc(OC)cc2)C1.I. The highest BCUT2D eigenvalue weighted by molar-refractivity contribution is 14.0. The third kappa shape index (κ3) is 3.86. The molecule has 1 aromatic carbocycles. The molecular formula is C22H34IN3O2. The smallest absolute Gasteiger partial charge is 0.194 e. The van der Waals surface area contributed by atoms with Gasteiger partial charge < -0.3 is 19.7 Å². The van der Waals surface area contributed by atoms with Crippen LogP contribution < -0.4 is 10.1 Å². The number of likely N-dealkylation sites (tertiary alicyclic amines) is 1. The van der Waals surface area contributed by atoms with Crippen molar-refractivity contribution in [1.82, 2.24) is 10.2 Å². The normalized spacial score (nSPS) is 31.0. The topological polar surface area (TPSA) is 46.1 Å². The molecule has 0 radical (unpaired) electrons. The summed E-state index contributed by atoms with van der Waals surface area (Å²) in [6.07, 6.45) is 2.74. The van der Waals surface area contributed by atoms with Crippen molar-refractivity contribution < 1.29 is 9.47 Å². The summed E-state index contributed by atoms with van der Waals surface area (Å²) in [7, 11) is 1.72. The molecule has 2 saturated heterocycles. The van der Waals surface area contributed by atoms with Crippen LogP contribution in [0.2, 0.25) is 0 Å². The number of hydrogen-bond acceptors (Lipinski definition) is 3. The van der Waals surface area contributed by atoms with Crippen molar-refractivity contribution >= 4 is 29.9 Å². The number of methoxy groups -OCH3 is 1. The van der Waals surface area contributed by atoms with Gasteiger partial charge in [-0.25, -0.2) is 0 Å². The van der Waals surface area contributed by atoms with E-state index in [9.17, 15) is 0 Å². The van der Waals surface area contributed by atoms with Crippen molar-refractivity contribution in [2.75, 3.05) is 33.4 Å². The number of benzene rings is 1. The fraction of sp³-hybridized carbons (Fsp3) is 0.682. The third-order valence-corrected chi connectivity index (χ3v) is 6.77. The lowest BCUT2D eigenvalue weighted by Crippen LogP contribution is -2.68. The van der Waals surface area contributed by atoms with Crippen molar-refractivity contribution in [2.24, 2.45) is 16.3 Å². The van der Waals surface area contributed by atoms with E-state index in [0.717, 1.165) is 38.0 Å². The molecule has 5 nitrogen and oxygen atoms in total. The molecule has 2 aliphatic heterocycles. The first-order chi connectivity index (χ1) is 13.0. The number of fused-ring (bicyclic) bond motifs is 1. The average molecular weight is 499 g/mol. The van der Waals surface area contributed by atoms with E-state index >= 15 is 0 Å². The molecular weight excluding hydrogens is 465 g/mol. The van der Waals surface area contributed by atoms with E-state index in [2.05, 4.69) is 55.3 Å². The Hall–Kier alpha value is -1.02. The maximum absolute atomic E-state index is 5.95.